The summed E-state index contributed by atoms with van der Waals surface area (Å²) < 4.78 is 0. The van der Waals surface area contributed by atoms with Gasteiger partial charge >= 0.3 is 0 Å². The normalized spacial score (nSPS) is 17.5. The van der Waals surface area contributed by atoms with Crippen molar-refractivity contribution >= 4 is 0 Å². The van der Waals surface area contributed by atoms with Crippen molar-refractivity contribution in [3.05, 3.63) is 12.7 Å². The van der Waals surface area contributed by atoms with E-state index in [1.807, 2.05) is 6.92 Å². The molecule has 0 aromatic carbocycles. The second-order valence-corrected chi connectivity index (χ2v) is 2.58. The molecule has 2 N–H and O–H groups in total. The van der Waals surface area contributed by atoms with E-state index in [1.165, 1.54) is 6.08 Å². The SMILES string of the molecule is C=CC(O)C#CC(C)(O)CC. The second-order valence-electron chi connectivity index (χ2n) is 2.58. The van der Waals surface area contributed by atoms with E-state index in [0.717, 1.165) is 0 Å². The lowest BCUT2D eigenvalue weighted by atomic mass is 10.0. The molecule has 2 nitrogen and oxygen atoms in total. The molecule has 2 heteroatoms. The van der Waals surface area contributed by atoms with Crippen LogP contribution in [0.2, 0.25) is 0 Å². The van der Waals surface area contributed by atoms with E-state index in [1.54, 1.807) is 6.92 Å². The van der Waals surface area contributed by atoms with Crippen molar-refractivity contribution < 1.29 is 10.2 Å². The molecule has 11 heavy (non-hydrogen) atoms. The Morgan fingerprint density at radius 1 is 1.73 bits per heavy atom. The molecule has 2 atom stereocenters. The Hall–Kier alpha value is -0.780. The van der Waals surface area contributed by atoms with E-state index in [2.05, 4.69) is 18.4 Å². The summed E-state index contributed by atoms with van der Waals surface area (Å²) in [6.45, 7) is 6.79. The minimum atomic E-state index is -0.996. The van der Waals surface area contributed by atoms with Gasteiger partial charge in [0.05, 0.1) is 0 Å². The highest BCUT2D eigenvalue weighted by Gasteiger charge is 2.12. The van der Waals surface area contributed by atoms with E-state index < -0.39 is 11.7 Å². The molecule has 0 spiro atoms. The number of hydrogen-bond acceptors (Lipinski definition) is 2. The first kappa shape index (κ1) is 10.2. The maximum absolute atomic E-state index is 9.35. The van der Waals surface area contributed by atoms with Crippen LogP contribution in [0.15, 0.2) is 12.7 Å². The number of aliphatic hydroxyl groups is 2. The number of rotatable bonds is 2. The highest BCUT2D eigenvalue weighted by atomic mass is 16.3. The molecule has 0 radical (unpaired) electrons. The van der Waals surface area contributed by atoms with Crippen molar-refractivity contribution in [1.82, 2.24) is 0 Å². The van der Waals surface area contributed by atoms with Gasteiger partial charge in [0, 0.05) is 0 Å². The van der Waals surface area contributed by atoms with Gasteiger partial charge in [-0.05, 0) is 13.3 Å². The lowest BCUT2D eigenvalue weighted by Crippen LogP contribution is -2.20. The summed E-state index contributed by atoms with van der Waals surface area (Å²) in [5.41, 5.74) is -0.996. The van der Waals surface area contributed by atoms with Gasteiger partial charge in [-0.15, -0.1) is 0 Å². The van der Waals surface area contributed by atoms with Gasteiger partial charge in [-0.2, -0.15) is 0 Å². The average molecular weight is 154 g/mol. The monoisotopic (exact) mass is 154 g/mol. The first-order chi connectivity index (χ1) is 5.02. The molecule has 0 aliphatic rings. The lowest BCUT2D eigenvalue weighted by Gasteiger charge is -2.12. The molecule has 0 aromatic rings. The van der Waals surface area contributed by atoms with Crippen LogP contribution >= 0.6 is 0 Å². The zero-order valence-electron chi connectivity index (χ0n) is 6.96. The molecule has 0 heterocycles. The number of aliphatic hydroxyl groups excluding tert-OH is 1. The molecule has 0 fully saturated rings. The molecule has 2 unspecified atom stereocenters. The summed E-state index contributed by atoms with van der Waals surface area (Å²) in [4.78, 5) is 0. The third kappa shape index (κ3) is 4.60. The van der Waals surface area contributed by atoms with Crippen molar-refractivity contribution in [2.45, 2.75) is 32.0 Å². The highest BCUT2D eigenvalue weighted by Crippen LogP contribution is 2.05. The minimum Gasteiger partial charge on any atom is -0.378 e. The van der Waals surface area contributed by atoms with E-state index in [-0.39, 0.29) is 0 Å². The topological polar surface area (TPSA) is 40.5 Å². The summed E-state index contributed by atoms with van der Waals surface area (Å²) in [5.74, 6) is 5.00. The molecule has 0 saturated carbocycles. The Labute approximate surface area is 67.6 Å². The van der Waals surface area contributed by atoms with Gasteiger partial charge in [-0.3, -0.25) is 0 Å². The fourth-order valence-electron chi connectivity index (χ4n) is 0.377. The molecule has 0 aliphatic heterocycles. The third-order valence-electron chi connectivity index (χ3n) is 1.40. The van der Waals surface area contributed by atoms with Gasteiger partial charge in [0.2, 0.25) is 0 Å². The smallest absolute Gasteiger partial charge is 0.133 e. The van der Waals surface area contributed by atoms with Crippen LogP contribution in [0, 0.1) is 11.8 Å². The lowest BCUT2D eigenvalue weighted by molar-refractivity contribution is 0.117. The molecular formula is C9H14O2. The van der Waals surface area contributed by atoms with Crippen molar-refractivity contribution in [1.29, 1.82) is 0 Å². The second kappa shape index (κ2) is 4.17. The predicted octanol–water partition coefficient (Wildman–Crippen LogP) is 0.698. The van der Waals surface area contributed by atoms with Gasteiger partial charge in [0.1, 0.15) is 11.7 Å². The summed E-state index contributed by atoms with van der Waals surface area (Å²) >= 11 is 0. The Morgan fingerprint density at radius 2 is 2.27 bits per heavy atom. The van der Waals surface area contributed by atoms with Crippen LogP contribution in [0.1, 0.15) is 20.3 Å². The maximum Gasteiger partial charge on any atom is 0.133 e. The van der Waals surface area contributed by atoms with E-state index in [0.29, 0.717) is 6.42 Å². The molecule has 0 amide bonds. The Bertz CT molecular complexity index is 183. The van der Waals surface area contributed by atoms with Gasteiger partial charge < -0.3 is 10.2 Å². The molecule has 0 rings (SSSR count). The van der Waals surface area contributed by atoms with Crippen LogP contribution in [0.4, 0.5) is 0 Å². The Morgan fingerprint density at radius 3 is 2.64 bits per heavy atom. The summed E-state index contributed by atoms with van der Waals surface area (Å²) in [6, 6.07) is 0. The van der Waals surface area contributed by atoms with Crippen LogP contribution < -0.4 is 0 Å². The van der Waals surface area contributed by atoms with Gasteiger partial charge in [-0.1, -0.05) is 31.4 Å². The molecule has 0 saturated heterocycles. The maximum atomic E-state index is 9.35. The molecule has 0 aliphatic carbocycles. The fourth-order valence-corrected chi connectivity index (χ4v) is 0.377. The minimum absolute atomic E-state index is 0.545. The molecular weight excluding hydrogens is 140 g/mol. The quantitative estimate of drug-likeness (QED) is 0.454. The van der Waals surface area contributed by atoms with E-state index >= 15 is 0 Å². The standard InChI is InChI=1S/C9H14O2/c1-4-8(10)6-7-9(3,11)5-2/h4,8,10-11H,1,5H2,2-3H3. The van der Waals surface area contributed by atoms with Gasteiger partial charge in [0.25, 0.3) is 0 Å². The van der Waals surface area contributed by atoms with Crippen molar-refractivity contribution in [3.8, 4) is 11.8 Å². The third-order valence-corrected chi connectivity index (χ3v) is 1.40. The molecule has 0 bridgehead atoms. The van der Waals surface area contributed by atoms with Crippen LogP contribution in [0.25, 0.3) is 0 Å². The van der Waals surface area contributed by atoms with E-state index in [9.17, 15) is 5.11 Å². The van der Waals surface area contributed by atoms with Crippen LogP contribution in [0.3, 0.4) is 0 Å². The molecule has 62 valence electrons. The van der Waals surface area contributed by atoms with E-state index in [4.69, 9.17) is 5.11 Å². The largest absolute Gasteiger partial charge is 0.378 e. The Kier molecular flexibility index (Phi) is 3.88. The van der Waals surface area contributed by atoms with Crippen LogP contribution in [-0.2, 0) is 0 Å². The Balaban J connectivity index is 4.15. The van der Waals surface area contributed by atoms with Crippen LogP contribution in [-0.4, -0.2) is 21.9 Å². The predicted molar refractivity (Wildman–Crippen MR) is 44.9 cm³/mol. The van der Waals surface area contributed by atoms with Gasteiger partial charge in [-0.25, -0.2) is 0 Å². The zero-order chi connectivity index (χ0) is 8.91. The van der Waals surface area contributed by atoms with Crippen molar-refractivity contribution in [2.24, 2.45) is 0 Å². The zero-order valence-corrected chi connectivity index (χ0v) is 6.96. The average Bonchev–Trinajstić information content (AvgIpc) is 2.00. The highest BCUT2D eigenvalue weighted by molar-refractivity contribution is 5.17. The van der Waals surface area contributed by atoms with Crippen molar-refractivity contribution in [2.75, 3.05) is 0 Å². The first-order valence-corrected chi connectivity index (χ1v) is 3.57. The summed E-state index contributed by atoms with van der Waals surface area (Å²) in [5, 5.41) is 18.3. The van der Waals surface area contributed by atoms with Gasteiger partial charge in [0.15, 0.2) is 0 Å². The van der Waals surface area contributed by atoms with Crippen LogP contribution in [0.5, 0.6) is 0 Å². The fraction of sp³-hybridized carbons (Fsp3) is 0.556. The number of hydrogen-bond donors (Lipinski definition) is 2. The van der Waals surface area contributed by atoms with Crippen molar-refractivity contribution in [3.63, 3.8) is 0 Å². The summed E-state index contributed by atoms with van der Waals surface area (Å²) in [7, 11) is 0. The summed E-state index contributed by atoms with van der Waals surface area (Å²) in [6.07, 6.45) is 1.02. The first-order valence-electron chi connectivity index (χ1n) is 3.57. The molecule has 0 aromatic heterocycles.